The molecule has 112 valence electrons. The molecule has 2 unspecified atom stereocenters. The third-order valence-electron chi connectivity index (χ3n) is 4.89. The molecule has 0 aliphatic carbocycles. The Labute approximate surface area is 124 Å². The molecule has 2 rings (SSSR count). The van der Waals surface area contributed by atoms with Crippen molar-refractivity contribution in [2.45, 2.75) is 65.0 Å². The predicted octanol–water partition coefficient (Wildman–Crippen LogP) is 3.96. The van der Waals surface area contributed by atoms with Gasteiger partial charge in [-0.1, -0.05) is 38.0 Å². The van der Waals surface area contributed by atoms with Gasteiger partial charge in [0.15, 0.2) is 0 Å². The Balaban J connectivity index is 2.34. The summed E-state index contributed by atoms with van der Waals surface area (Å²) in [6.45, 7) is 8.70. The van der Waals surface area contributed by atoms with Crippen LogP contribution in [-0.2, 0) is 0 Å². The summed E-state index contributed by atoms with van der Waals surface area (Å²) in [5, 5.41) is 0. The first-order chi connectivity index (χ1) is 9.69. The molecule has 1 heterocycles. The molecule has 0 aromatic heterocycles. The lowest BCUT2D eigenvalue weighted by atomic mass is 9.93. The zero-order valence-electron chi connectivity index (χ0n) is 13.4. The van der Waals surface area contributed by atoms with Gasteiger partial charge in [0.1, 0.15) is 0 Å². The summed E-state index contributed by atoms with van der Waals surface area (Å²) < 4.78 is 0. The number of hydrogen-bond donors (Lipinski definition) is 1. The Morgan fingerprint density at radius 1 is 1.20 bits per heavy atom. The second-order valence-corrected chi connectivity index (χ2v) is 6.21. The normalized spacial score (nSPS) is 22.5. The molecule has 2 nitrogen and oxygen atoms in total. The fourth-order valence-corrected chi connectivity index (χ4v) is 3.82. The van der Waals surface area contributed by atoms with Crippen molar-refractivity contribution in [3.8, 4) is 0 Å². The Hall–Kier alpha value is -0.860. The van der Waals surface area contributed by atoms with Crippen molar-refractivity contribution in [3.05, 3.63) is 34.9 Å². The van der Waals surface area contributed by atoms with E-state index < -0.39 is 0 Å². The minimum absolute atomic E-state index is 0.388. The molecule has 1 aromatic rings. The number of nitrogens with two attached hydrogens (primary N) is 1. The second kappa shape index (κ2) is 7.24. The molecule has 0 bridgehead atoms. The van der Waals surface area contributed by atoms with Crippen LogP contribution in [0.3, 0.4) is 0 Å². The minimum atomic E-state index is 0.388. The van der Waals surface area contributed by atoms with E-state index in [-0.39, 0.29) is 0 Å². The van der Waals surface area contributed by atoms with Crippen molar-refractivity contribution >= 4 is 0 Å². The summed E-state index contributed by atoms with van der Waals surface area (Å²) >= 11 is 0. The Morgan fingerprint density at radius 3 is 2.50 bits per heavy atom. The third kappa shape index (κ3) is 3.24. The third-order valence-corrected chi connectivity index (χ3v) is 4.89. The van der Waals surface area contributed by atoms with Gasteiger partial charge in [0, 0.05) is 18.6 Å². The van der Waals surface area contributed by atoms with E-state index in [1.807, 2.05) is 0 Å². The van der Waals surface area contributed by atoms with E-state index >= 15 is 0 Å². The van der Waals surface area contributed by atoms with Gasteiger partial charge < -0.3 is 5.73 Å². The largest absolute Gasteiger partial charge is 0.329 e. The van der Waals surface area contributed by atoms with E-state index in [0.29, 0.717) is 12.1 Å². The van der Waals surface area contributed by atoms with E-state index in [1.165, 1.54) is 55.3 Å². The standard InChI is InChI=1S/C18H30N2/c1-4-16-11-6-5-7-12-20(16)17(13-19)18-14(2)9-8-10-15(18)3/h8-10,16-17H,4-7,11-13,19H2,1-3H3. The molecule has 20 heavy (non-hydrogen) atoms. The van der Waals surface area contributed by atoms with Crippen LogP contribution in [0.2, 0.25) is 0 Å². The van der Waals surface area contributed by atoms with Crippen LogP contribution >= 0.6 is 0 Å². The number of nitrogens with zero attached hydrogens (tertiary/aromatic N) is 1. The average molecular weight is 274 g/mol. The van der Waals surface area contributed by atoms with Crippen LogP contribution in [0, 0.1) is 13.8 Å². The molecule has 2 heteroatoms. The van der Waals surface area contributed by atoms with E-state index in [4.69, 9.17) is 5.73 Å². The fraction of sp³-hybridized carbons (Fsp3) is 0.667. The van der Waals surface area contributed by atoms with Gasteiger partial charge in [-0.2, -0.15) is 0 Å². The number of likely N-dealkylation sites (tertiary alicyclic amines) is 1. The van der Waals surface area contributed by atoms with Crippen molar-refractivity contribution in [2.24, 2.45) is 5.73 Å². The van der Waals surface area contributed by atoms with Gasteiger partial charge in [-0.05, 0) is 56.3 Å². The van der Waals surface area contributed by atoms with Gasteiger partial charge in [-0.3, -0.25) is 4.90 Å². The summed E-state index contributed by atoms with van der Waals surface area (Å²) in [6.07, 6.45) is 6.63. The molecule has 1 aliphatic rings. The van der Waals surface area contributed by atoms with Crippen molar-refractivity contribution in [1.82, 2.24) is 4.90 Å². The van der Waals surface area contributed by atoms with Crippen molar-refractivity contribution in [2.75, 3.05) is 13.1 Å². The quantitative estimate of drug-likeness (QED) is 0.900. The number of hydrogen-bond acceptors (Lipinski definition) is 2. The van der Waals surface area contributed by atoms with Crippen LogP contribution in [0.25, 0.3) is 0 Å². The highest BCUT2D eigenvalue weighted by atomic mass is 15.2. The van der Waals surface area contributed by atoms with Gasteiger partial charge in [0.05, 0.1) is 0 Å². The fourth-order valence-electron chi connectivity index (χ4n) is 3.82. The SMILES string of the molecule is CCC1CCCCCN1C(CN)c1c(C)cccc1C. The maximum absolute atomic E-state index is 6.20. The highest BCUT2D eigenvalue weighted by Crippen LogP contribution is 2.32. The Morgan fingerprint density at radius 2 is 1.90 bits per heavy atom. The van der Waals surface area contributed by atoms with Crippen molar-refractivity contribution in [3.63, 3.8) is 0 Å². The highest BCUT2D eigenvalue weighted by molar-refractivity contribution is 5.36. The van der Waals surface area contributed by atoms with Gasteiger partial charge in [-0.25, -0.2) is 0 Å². The van der Waals surface area contributed by atoms with Crippen molar-refractivity contribution in [1.29, 1.82) is 0 Å². The first-order valence-corrected chi connectivity index (χ1v) is 8.21. The van der Waals surface area contributed by atoms with Gasteiger partial charge in [0.2, 0.25) is 0 Å². The first-order valence-electron chi connectivity index (χ1n) is 8.21. The van der Waals surface area contributed by atoms with E-state index in [0.717, 1.165) is 6.54 Å². The summed E-state index contributed by atoms with van der Waals surface area (Å²) in [5.41, 5.74) is 10.4. The van der Waals surface area contributed by atoms with E-state index in [2.05, 4.69) is 43.9 Å². The van der Waals surface area contributed by atoms with Crippen LogP contribution in [0.5, 0.6) is 0 Å². The molecular weight excluding hydrogens is 244 g/mol. The Kier molecular flexibility index (Phi) is 5.62. The van der Waals surface area contributed by atoms with Gasteiger partial charge in [-0.15, -0.1) is 0 Å². The topological polar surface area (TPSA) is 29.3 Å². The first kappa shape index (κ1) is 15.5. The molecular formula is C18H30N2. The van der Waals surface area contributed by atoms with Crippen LogP contribution in [0.15, 0.2) is 18.2 Å². The van der Waals surface area contributed by atoms with Gasteiger partial charge in [0.25, 0.3) is 0 Å². The lowest BCUT2D eigenvalue weighted by molar-refractivity contribution is 0.135. The van der Waals surface area contributed by atoms with Crippen LogP contribution < -0.4 is 5.73 Å². The molecule has 0 amide bonds. The number of aryl methyl sites for hydroxylation is 2. The minimum Gasteiger partial charge on any atom is -0.329 e. The lowest BCUT2D eigenvalue weighted by Gasteiger charge is -2.37. The molecule has 1 aliphatic heterocycles. The molecule has 2 atom stereocenters. The molecule has 0 spiro atoms. The molecule has 2 N–H and O–H groups in total. The van der Waals surface area contributed by atoms with E-state index in [1.54, 1.807) is 0 Å². The van der Waals surface area contributed by atoms with Crippen LogP contribution in [0.4, 0.5) is 0 Å². The van der Waals surface area contributed by atoms with Crippen LogP contribution in [-0.4, -0.2) is 24.0 Å². The second-order valence-electron chi connectivity index (χ2n) is 6.21. The average Bonchev–Trinajstić information content (AvgIpc) is 2.68. The maximum atomic E-state index is 6.20. The molecule has 0 radical (unpaired) electrons. The monoisotopic (exact) mass is 274 g/mol. The molecule has 1 aromatic carbocycles. The van der Waals surface area contributed by atoms with Gasteiger partial charge >= 0.3 is 0 Å². The van der Waals surface area contributed by atoms with E-state index in [9.17, 15) is 0 Å². The smallest absolute Gasteiger partial charge is 0.0478 e. The zero-order chi connectivity index (χ0) is 14.5. The number of benzene rings is 1. The zero-order valence-corrected chi connectivity index (χ0v) is 13.4. The summed E-state index contributed by atoms with van der Waals surface area (Å²) in [7, 11) is 0. The predicted molar refractivity (Wildman–Crippen MR) is 87.0 cm³/mol. The molecule has 0 saturated carbocycles. The number of rotatable bonds is 4. The summed E-state index contributed by atoms with van der Waals surface area (Å²) in [4.78, 5) is 2.70. The lowest BCUT2D eigenvalue weighted by Crippen LogP contribution is -2.41. The Bertz CT molecular complexity index is 407. The summed E-state index contributed by atoms with van der Waals surface area (Å²) in [6, 6.07) is 7.69. The highest BCUT2D eigenvalue weighted by Gasteiger charge is 2.28. The van der Waals surface area contributed by atoms with Crippen molar-refractivity contribution < 1.29 is 0 Å². The maximum Gasteiger partial charge on any atom is 0.0478 e. The molecule has 1 saturated heterocycles. The summed E-state index contributed by atoms with van der Waals surface area (Å²) in [5.74, 6) is 0. The van der Waals surface area contributed by atoms with Crippen LogP contribution in [0.1, 0.15) is 61.8 Å². The molecule has 1 fully saturated rings.